The molecule has 0 aliphatic heterocycles. The number of aryl methyl sites for hydroxylation is 1. The lowest BCUT2D eigenvalue weighted by molar-refractivity contribution is 0.970. The fourth-order valence-electron chi connectivity index (χ4n) is 1.86. The van der Waals surface area contributed by atoms with Crippen molar-refractivity contribution >= 4 is 5.82 Å². The standard InChI is InChI=1S/C16H20N2/c1-3-12-17-16-7-5-6-15(18-16)14-10-8-13(4-2)9-11-14/h5-11H,3-4,12H2,1-2H3,(H,17,18). The molecule has 0 bridgehead atoms. The summed E-state index contributed by atoms with van der Waals surface area (Å²) >= 11 is 0. The number of rotatable bonds is 5. The van der Waals surface area contributed by atoms with E-state index in [1.165, 1.54) is 11.1 Å². The highest BCUT2D eigenvalue weighted by atomic mass is 15.0. The van der Waals surface area contributed by atoms with E-state index in [4.69, 9.17) is 0 Å². The van der Waals surface area contributed by atoms with Gasteiger partial charge in [0.15, 0.2) is 0 Å². The zero-order valence-corrected chi connectivity index (χ0v) is 11.1. The van der Waals surface area contributed by atoms with Crippen molar-refractivity contribution < 1.29 is 0 Å². The van der Waals surface area contributed by atoms with Gasteiger partial charge in [-0.25, -0.2) is 4.98 Å². The molecule has 2 heteroatoms. The maximum absolute atomic E-state index is 4.62. The van der Waals surface area contributed by atoms with E-state index in [0.29, 0.717) is 0 Å². The lowest BCUT2D eigenvalue weighted by atomic mass is 10.1. The number of hydrogen-bond donors (Lipinski definition) is 1. The third-order valence-corrected chi connectivity index (χ3v) is 2.96. The Labute approximate surface area is 109 Å². The molecule has 0 saturated heterocycles. The maximum atomic E-state index is 4.62. The quantitative estimate of drug-likeness (QED) is 0.849. The number of anilines is 1. The Hall–Kier alpha value is -1.83. The molecule has 2 rings (SSSR count). The zero-order chi connectivity index (χ0) is 12.8. The molecular weight excluding hydrogens is 220 g/mol. The second kappa shape index (κ2) is 6.20. The Bertz CT molecular complexity index is 489. The van der Waals surface area contributed by atoms with Gasteiger partial charge in [0, 0.05) is 12.1 Å². The molecule has 1 aromatic heterocycles. The summed E-state index contributed by atoms with van der Waals surface area (Å²) in [5.41, 5.74) is 3.56. The Kier molecular flexibility index (Phi) is 4.35. The molecule has 0 spiro atoms. The number of nitrogens with zero attached hydrogens (tertiary/aromatic N) is 1. The van der Waals surface area contributed by atoms with Gasteiger partial charge in [-0.15, -0.1) is 0 Å². The highest BCUT2D eigenvalue weighted by Crippen LogP contribution is 2.19. The summed E-state index contributed by atoms with van der Waals surface area (Å²) in [5.74, 6) is 0.953. The Morgan fingerprint density at radius 1 is 1.00 bits per heavy atom. The van der Waals surface area contributed by atoms with Gasteiger partial charge >= 0.3 is 0 Å². The highest BCUT2D eigenvalue weighted by Gasteiger charge is 2.00. The number of aromatic nitrogens is 1. The third kappa shape index (κ3) is 3.10. The largest absolute Gasteiger partial charge is 0.370 e. The summed E-state index contributed by atoms with van der Waals surface area (Å²) in [6.45, 7) is 5.29. The number of benzene rings is 1. The summed E-state index contributed by atoms with van der Waals surface area (Å²) in [4.78, 5) is 4.62. The van der Waals surface area contributed by atoms with Crippen LogP contribution in [-0.4, -0.2) is 11.5 Å². The van der Waals surface area contributed by atoms with Crippen LogP contribution in [0.1, 0.15) is 25.8 Å². The fraction of sp³-hybridized carbons (Fsp3) is 0.312. The molecule has 1 aromatic carbocycles. The molecule has 0 radical (unpaired) electrons. The molecular formula is C16H20N2. The first kappa shape index (κ1) is 12.6. The molecule has 18 heavy (non-hydrogen) atoms. The summed E-state index contributed by atoms with van der Waals surface area (Å²) in [5, 5.41) is 3.32. The predicted octanol–water partition coefficient (Wildman–Crippen LogP) is 4.13. The number of pyridine rings is 1. The Balaban J connectivity index is 2.20. The van der Waals surface area contributed by atoms with Crippen LogP contribution in [0.2, 0.25) is 0 Å². The molecule has 0 aliphatic carbocycles. The van der Waals surface area contributed by atoms with E-state index in [0.717, 1.165) is 30.9 Å². The van der Waals surface area contributed by atoms with Gasteiger partial charge in [0.1, 0.15) is 5.82 Å². The molecule has 1 N–H and O–H groups in total. The first-order valence-corrected chi connectivity index (χ1v) is 6.63. The predicted molar refractivity (Wildman–Crippen MR) is 77.8 cm³/mol. The van der Waals surface area contributed by atoms with Crippen LogP contribution in [0.15, 0.2) is 42.5 Å². The van der Waals surface area contributed by atoms with Gasteiger partial charge in [0.25, 0.3) is 0 Å². The molecule has 2 nitrogen and oxygen atoms in total. The molecule has 0 saturated carbocycles. The lowest BCUT2D eigenvalue weighted by Crippen LogP contribution is -2.01. The van der Waals surface area contributed by atoms with Crippen molar-refractivity contribution in [1.82, 2.24) is 4.98 Å². The van der Waals surface area contributed by atoms with Crippen molar-refractivity contribution in [3.63, 3.8) is 0 Å². The number of nitrogens with one attached hydrogen (secondary N) is 1. The van der Waals surface area contributed by atoms with Crippen LogP contribution in [-0.2, 0) is 6.42 Å². The van der Waals surface area contributed by atoms with E-state index in [9.17, 15) is 0 Å². The van der Waals surface area contributed by atoms with E-state index >= 15 is 0 Å². The smallest absolute Gasteiger partial charge is 0.126 e. The van der Waals surface area contributed by atoms with Gasteiger partial charge in [-0.3, -0.25) is 0 Å². The van der Waals surface area contributed by atoms with Crippen LogP contribution in [0.25, 0.3) is 11.3 Å². The zero-order valence-electron chi connectivity index (χ0n) is 11.1. The second-order valence-corrected chi connectivity index (χ2v) is 4.39. The van der Waals surface area contributed by atoms with Crippen LogP contribution in [0, 0.1) is 0 Å². The van der Waals surface area contributed by atoms with Crippen LogP contribution in [0.3, 0.4) is 0 Å². The van der Waals surface area contributed by atoms with E-state index in [-0.39, 0.29) is 0 Å². The maximum Gasteiger partial charge on any atom is 0.126 e. The topological polar surface area (TPSA) is 24.9 Å². The molecule has 0 aliphatic rings. The van der Waals surface area contributed by atoms with E-state index in [1.807, 2.05) is 12.1 Å². The van der Waals surface area contributed by atoms with Gasteiger partial charge in [0.2, 0.25) is 0 Å². The molecule has 0 amide bonds. The SMILES string of the molecule is CCCNc1cccc(-c2ccc(CC)cc2)n1. The van der Waals surface area contributed by atoms with Crippen molar-refractivity contribution in [1.29, 1.82) is 0 Å². The molecule has 0 atom stereocenters. The summed E-state index contributed by atoms with van der Waals surface area (Å²) < 4.78 is 0. The second-order valence-electron chi connectivity index (χ2n) is 4.39. The van der Waals surface area contributed by atoms with Gasteiger partial charge in [-0.1, -0.05) is 44.2 Å². The van der Waals surface area contributed by atoms with Crippen molar-refractivity contribution in [3.8, 4) is 11.3 Å². The number of hydrogen-bond acceptors (Lipinski definition) is 2. The van der Waals surface area contributed by atoms with E-state index in [2.05, 4.69) is 54.5 Å². The van der Waals surface area contributed by atoms with Crippen molar-refractivity contribution in [2.45, 2.75) is 26.7 Å². The van der Waals surface area contributed by atoms with Gasteiger partial charge < -0.3 is 5.32 Å². The van der Waals surface area contributed by atoms with Gasteiger partial charge in [0.05, 0.1) is 5.69 Å². The molecule has 2 aromatic rings. The Morgan fingerprint density at radius 3 is 2.44 bits per heavy atom. The van der Waals surface area contributed by atoms with Crippen molar-refractivity contribution in [2.75, 3.05) is 11.9 Å². The van der Waals surface area contributed by atoms with Crippen LogP contribution in [0.4, 0.5) is 5.82 Å². The summed E-state index contributed by atoms with van der Waals surface area (Å²) in [7, 11) is 0. The molecule has 94 valence electrons. The normalized spacial score (nSPS) is 10.3. The monoisotopic (exact) mass is 240 g/mol. The van der Waals surface area contributed by atoms with E-state index in [1.54, 1.807) is 0 Å². The first-order chi connectivity index (χ1) is 8.83. The van der Waals surface area contributed by atoms with Crippen LogP contribution in [0.5, 0.6) is 0 Å². The van der Waals surface area contributed by atoms with Crippen LogP contribution < -0.4 is 5.32 Å². The fourth-order valence-corrected chi connectivity index (χ4v) is 1.86. The average Bonchev–Trinajstić information content (AvgIpc) is 2.45. The van der Waals surface area contributed by atoms with Crippen molar-refractivity contribution in [2.24, 2.45) is 0 Å². The minimum Gasteiger partial charge on any atom is -0.370 e. The third-order valence-electron chi connectivity index (χ3n) is 2.96. The Morgan fingerprint density at radius 2 is 1.78 bits per heavy atom. The molecule has 1 heterocycles. The summed E-state index contributed by atoms with van der Waals surface area (Å²) in [6, 6.07) is 14.7. The van der Waals surface area contributed by atoms with E-state index < -0.39 is 0 Å². The highest BCUT2D eigenvalue weighted by molar-refractivity contribution is 5.61. The minimum atomic E-state index is 0.953. The molecule has 0 unspecified atom stereocenters. The molecule has 0 fully saturated rings. The first-order valence-electron chi connectivity index (χ1n) is 6.63. The minimum absolute atomic E-state index is 0.953. The summed E-state index contributed by atoms with van der Waals surface area (Å²) in [6.07, 6.45) is 2.18. The average molecular weight is 240 g/mol. The van der Waals surface area contributed by atoms with Gasteiger partial charge in [-0.05, 0) is 30.5 Å². The lowest BCUT2D eigenvalue weighted by Gasteiger charge is -2.07. The van der Waals surface area contributed by atoms with Crippen LogP contribution >= 0.6 is 0 Å². The van der Waals surface area contributed by atoms with Crippen molar-refractivity contribution in [3.05, 3.63) is 48.0 Å². The van der Waals surface area contributed by atoms with Gasteiger partial charge in [-0.2, -0.15) is 0 Å².